The molecular weight excluding hydrogens is 312 g/mol. The lowest BCUT2D eigenvalue weighted by Gasteiger charge is -2.30. The largest absolute Gasteiger partial charge is 0.368 e. The van der Waals surface area contributed by atoms with Gasteiger partial charge in [0.1, 0.15) is 5.54 Å². The number of nitrogens with one attached hydrogen (secondary N) is 1. The zero-order valence-electron chi connectivity index (χ0n) is 10.3. The lowest BCUT2D eigenvalue weighted by molar-refractivity contribution is -0.124. The topological polar surface area (TPSA) is 55.1 Å². The molecule has 1 unspecified atom stereocenters. The molecule has 2 rings (SSSR count). The zero-order chi connectivity index (χ0) is 13.2. The second-order valence-corrected chi connectivity index (χ2v) is 6.57. The number of hydrogen-bond acceptors (Lipinski definition) is 3. The second kappa shape index (κ2) is 5.63. The minimum atomic E-state index is -0.558. The number of hydrogen-bond donors (Lipinski definition) is 2. The zero-order valence-corrected chi connectivity index (χ0v) is 12.7. The molecule has 0 heterocycles. The van der Waals surface area contributed by atoms with Gasteiger partial charge in [0.2, 0.25) is 5.91 Å². The highest BCUT2D eigenvalue weighted by molar-refractivity contribution is 9.10. The van der Waals surface area contributed by atoms with Gasteiger partial charge < -0.3 is 11.1 Å². The molecule has 0 spiro atoms. The molecule has 98 valence electrons. The fourth-order valence-electron chi connectivity index (χ4n) is 2.09. The van der Waals surface area contributed by atoms with E-state index in [0.717, 1.165) is 22.2 Å². The molecule has 3 nitrogen and oxygen atoms in total. The van der Waals surface area contributed by atoms with Crippen molar-refractivity contribution in [3.63, 3.8) is 0 Å². The molecular formula is C13H17BrN2OS. The van der Waals surface area contributed by atoms with Crippen LogP contribution in [0.15, 0.2) is 33.6 Å². The van der Waals surface area contributed by atoms with E-state index in [-0.39, 0.29) is 5.91 Å². The van der Waals surface area contributed by atoms with Crippen molar-refractivity contribution in [2.24, 2.45) is 11.7 Å². The van der Waals surface area contributed by atoms with Crippen molar-refractivity contribution in [3.05, 3.63) is 28.7 Å². The van der Waals surface area contributed by atoms with Gasteiger partial charge in [0.15, 0.2) is 0 Å². The quantitative estimate of drug-likeness (QED) is 0.788. The summed E-state index contributed by atoms with van der Waals surface area (Å²) in [5.41, 5.74) is 5.03. The summed E-state index contributed by atoms with van der Waals surface area (Å²) >= 11 is 5.08. The Labute approximate surface area is 120 Å². The van der Waals surface area contributed by atoms with Crippen LogP contribution in [0.5, 0.6) is 0 Å². The molecule has 5 heteroatoms. The number of likely N-dealkylation sites (N-methyl/N-ethyl adjacent to an activating group) is 1. The monoisotopic (exact) mass is 328 g/mol. The van der Waals surface area contributed by atoms with Crippen LogP contribution in [0.3, 0.4) is 0 Å². The maximum absolute atomic E-state index is 11.7. The van der Waals surface area contributed by atoms with E-state index >= 15 is 0 Å². The van der Waals surface area contributed by atoms with Crippen molar-refractivity contribution in [2.75, 3.05) is 12.8 Å². The minimum Gasteiger partial charge on any atom is -0.368 e. The minimum absolute atomic E-state index is 0.239. The Bertz CT molecular complexity index is 433. The fourth-order valence-corrected chi connectivity index (χ4v) is 3.60. The Balaban J connectivity index is 2.06. The first-order valence-electron chi connectivity index (χ1n) is 5.95. The molecule has 3 N–H and O–H groups in total. The van der Waals surface area contributed by atoms with E-state index in [0.29, 0.717) is 11.7 Å². The van der Waals surface area contributed by atoms with Gasteiger partial charge in [-0.25, -0.2) is 0 Å². The summed E-state index contributed by atoms with van der Waals surface area (Å²) in [5.74, 6) is 0.838. The number of carbonyl (C=O) groups excluding carboxylic acids is 1. The van der Waals surface area contributed by atoms with E-state index in [9.17, 15) is 4.79 Å². The summed E-state index contributed by atoms with van der Waals surface area (Å²) < 4.78 is 1.06. The lowest BCUT2D eigenvalue weighted by Crippen LogP contribution is -2.57. The Morgan fingerprint density at radius 1 is 1.50 bits per heavy atom. The first-order chi connectivity index (χ1) is 8.58. The second-order valence-electron chi connectivity index (χ2n) is 4.60. The van der Waals surface area contributed by atoms with Crippen molar-refractivity contribution in [1.82, 2.24) is 5.32 Å². The highest BCUT2D eigenvalue weighted by Crippen LogP contribution is 2.42. The van der Waals surface area contributed by atoms with Crippen LogP contribution < -0.4 is 11.1 Å². The van der Waals surface area contributed by atoms with Crippen LogP contribution in [-0.4, -0.2) is 24.2 Å². The lowest BCUT2D eigenvalue weighted by atomic mass is 9.95. The molecule has 0 aromatic heterocycles. The number of benzene rings is 1. The third kappa shape index (κ3) is 2.90. The van der Waals surface area contributed by atoms with E-state index in [2.05, 4.69) is 21.2 Å². The third-order valence-electron chi connectivity index (χ3n) is 3.44. The number of rotatable bonds is 6. The maximum Gasteiger partial charge on any atom is 0.238 e. The molecule has 0 aliphatic heterocycles. The van der Waals surface area contributed by atoms with Gasteiger partial charge in [-0.15, -0.1) is 11.8 Å². The Morgan fingerprint density at radius 3 is 2.56 bits per heavy atom. The van der Waals surface area contributed by atoms with Gasteiger partial charge in [-0.1, -0.05) is 15.9 Å². The summed E-state index contributed by atoms with van der Waals surface area (Å²) in [6.07, 6.45) is 2.18. The van der Waals surface area contributed by atoms with Crippen LogP contribution in [0, 0.1) is 5.92 Å². The van der Waals surface area contributed by atoms with Crippen molar-refractivity contribution in [2.45, 2.75) is 23.3 Å². The summed E-state index contributed by atoms with van der Waals surface area (Å²) in [4.78, 5) is 12.9. The smallest absolute Gasteiger partial charge is 0.238 e. The highest BCUT2D eigenvalue weighted by Gasteiger charge is 2.48. The molecule has 1 aliphatic carbocycles. The van der Waals surface area contributed by atoms with Crippen LogP contribution in [0.2, 0.25) is 0 Å². The molecule has 1 aliphatic rings. The number of halogens is 1. The van der Waals surface area contributed by atoms with Gasteiger partial charge in [0.05, 0.1) is 0 Å². The van der Waals surface area contributed by atoms with Gasteiger partial charge in [-0.3, -0.25) is 4.79 Å². The Kier molecular flexibility index (Phi) is 4.35. The van der Waals surface area contributed by atoms with E-state index in [4.69, 9.17) is 5.73 Å². The Hall–Kier alpha value is -0.520. The first kappa shape index (κ1) is 13.9. The average molecular weight is 329 g/mol. The molecule has 0 radical (unpaired) electrons. The molecule has 0 bridgehead atoms. The summed E-state index contributed by atoms with van der Waals surface area (Å²) in [5, 5.41) is 3.15. The number of thioether (sulfide) groups is 1. The SMILES string of the molecule is CNC(CSc1ccc(Br)cc1)(C(N)=O)C1CC1. The number of nitrogens with two attached hydrogens (primary N) is 1. The molecule has 1 aromatic carbocycles. The molecule has 18 heavy (non-hydrogen) atoms. The van der Waals surface area contributed by atoms with Gasteiger partial charge in [0, 0.05) is 15.1 Å². The van der Waals surface area contributed by atoms with Crippen LogP contribution in [0.4, 0.5) is 0 Å². The highest BCUT2D eigenvalue weighted by atomic mass is 79.9. The standard InChI is InChI=1S/C13H17BrN2OS/c1-16-13(12(15)17,9-2-3-9)8-18-11-6-4-10(14)5-7-11/h4-7,9,16H,2-3,8H2,1H3,(H2,15,17). The van der Waals surface area contributed by atoms with Crippen molar-refractivity contribution < 1.29 is 4.79 Å². The Morgan fingerprint density at radius 2 is 2.11 bits per heavy atom. The third-order valence-corrected chi connectivity index (χ3v) is 5.17. The summed E-state index contributed by atoms with van der Waals surface area (Å²) in [7, 11) is 1.82. The normalized spacial score (nSPS) is 18.3. The predicted molar refractivity (Wildman–Crippen MR) is 78.6 cm³/mol. The number of carbonyl (C=O) groups is 1. The van der Waals surface area contributed by atoms with Gasteiger partial charge in [0.25, 0.3) is 0 Å². The van der Waals surface area contributed by atoms with Gasteiger partial charge in [-0.05, 0) is 50.1 Å². The van der Waals surface area contributed by atoms with E-state index in [1.54, 1.807) is 11.8 Å². The molecule has 1 atom stereocenters. The maximum atomic E-state index is 11.7. The number of amides is 1. The van der Waals surface area contributed by atoms with E-state index in [1.807, 2.05) is 31.3 Å². The van der Waals surface area contributed by atoms with Crippen LogP contribution >= 0.6 is 27.7 Å². The molecule has 1 aromatic rings. The first-order valence-corrected chi connectivity index (χ1v) is 7.73. The number of primary amides is 1. The summed E-state index contributed by atoms with van der Waals surface area (Å²) in [6, 6.07) is 8.10. The fraction of sp³-hybridized carbons (Fsp3) is 0.462. The molecule has 1 saturated carbocycles. The average Bonchev–Trinajstić information content (AvgIpc) is 3.17. The van der Waals surface area contributed by atoms with Crippen molar-refractivity contribution in [3.8, 4) is 0 Å². The van der Waals surface area contributed by atoms with E-state index in [1.165, 1.54) is 0 Å². The van der Waals surface area contributed by atoms with Crippen LogP contribution in [0.25, 0.3) is 0 Å². The summed E-state index contributed by atoms with van der Waals surface area (Å²) in [6.45, 7) is 0. The molecule has 1 amide bonds. The van der Waals surface area contributed by atoms with Crippen LogP contribution in [0.1, 0.15) is 12.8 Å². The predicted octanol–water partition coefficient (Wildman–Crippen LogP) is 2.39. The van der Waals surface area contributed by atoms with Crippen LogP contribution in [-0.2, 0) is 4.79 Å². The van der Waals surface area contributed by atoms with Gasteiger partial charge in [-0.2, -0.15) is 0 Å². The van der Waals surface area contributed by atoms with E-state index < -0.39 is 5.54 Å². The molecule has 0 saturated heterocycles. The van der Waals surface area contributed by atoms with Crippen molar-refractivity contribution >= 4 is 33.6 Å². The van der Waals surface area contributed by atoms with Crippen molar-refractivity contribution in [1.29, 1.82) is 0 Å². The van der Waals surface area contributed by atoms with Gasteiger partial charge >= 0.3 is 0 Å². The molecule has 1 fully saturated rings.